The van der Waals surface area contributed by atoms with Gasteiger partial charge in [-0.25, -0.2) is 9.69 Å². The molecule has 0 aliphatic carbocycles. The second-order valence-electron chi connectivity index (χ2n) is 8.04. The van der Waals surface area contributed by atoms with Gasteiger partial charge < -0.3 is 4.74 Å². The number of rotatable bonds is 4. The minimum absolute atomic E-state index is 0.247. The maximum Gasteiger partial charge on any atom is 0.417 e. The second-order valence-corrected chi connectivity index (χ2v) is 8.53. The summed E-state index contributed by atoms with van der Waals surface area (Å²) >= 11 is 5.16. The van der Waals surface area contributed by atoms with Gasteiger partial charge in [-0.05, 0) is 50.3 Å². The summed E-state index contributed by atoms with van der Waals surface area (Å²) in [5, 5.41) is 0. The third-order valence-electron chi connectivity index (χ3n) is 4.66. The number of carbonyl (C=O) groups excluding carboxylic acids is 2. The Kier molecular flexibility index (Phi) is 5.94. The van der Waals surface area contributed by atoms with E-state index in [-0.39, 0.29) is 6.04 Å². The molecule has 0 aromatic heterocycles. The standard InChI is InChI=1S/C23H25NO3S/c1-23(2,3)27-22(26)24-19(15-20(28)21(24)25)14-11-16-9-12-18(13-10-16)17-7-5-4-6-8-17/h4-10,12-13,19H,11,14-15H2,1-3H3/t19-/m1/s1. The lowest BCUT2D eigenvalue weighted by atomic mass is 10.00. The van der Waals surface area contributed by atoms with Gasteiger partial charge in [0.15, 0.2) is 0 Å². The molecule has 2 amide bonds. The van der Waals surface area contributed by atoms with Crippen molar-refractivity contribution in [3.63, 3.8) is 0 Å². The van der Waals surface area contributed by atoms with Crippen LogP contribution in [0, 0.1) is 0 Å². The Morgan fingerprint density at radius 2 is 1.68 bits per heavy atom. The van der Waals surface area contributed by atoms with Crippen LogP contribution in [0.5, 0.6) is 0 Å². The largest absolute Gasteiger partial charge is 0.443 e. The van der Waals surface area contributed by atoms with Crippen molar-refractivity contribution >= 4 is 29.1 Å². The number of amides is 2. The molecule has 0 bridgehead atoms. The fourth-order valence-corrected chi connectivity index (χ4v) is 3.59. The number of aryl methyl sites for hydroxylation is 1. The molecule has 1 atom stereocenters. The number of carbonyl (C=O) groups is 2. The van der Waals surface area contributed by atoms with Gasteiger partial charge in [0.2, 0.25) is 0 Å². The van der Waals surface area contributed by atoms with E-state index in [4.69, 9.17) is 17.0 Å². The number of benzene rings is 2. The van der Waals surface area contributed by atoms with Crippen molar-refractivity contribution in [2.24, 2.45) is 0 Å². The molecule has 1 aliphatic heterocycles. The molecule has 5 heteroatoms. The lowest BCUT2D eigenvalue weighted by Crippen LogP contribution is -2.43. The van der Waals surface area contributed by atoms with E-state index in [2.05, 4.69) is 36.4 Å². The Morgan fingerprint density at radius 1 is 1.07 bits per heavy atom. The SMILES string of the molecule is CC(C)(C)OC(=O)N1C(=O)C(=S)C[C@H]1CCc1ccc(-c2ccccc2)cc1. The predicted octanol–water partition coefficient (Wildman–Crippen LogP) is 5.19. The minimum atomic E-state index is -0.653. The maximum absolute atomic E-state index is 12.5. The molecule has 1 aliphatic rings. The molecule has 146 valence electrons. The highest BCUT2D eigenvalue weighted by Crippen LogP contribution is 2.25. The van der Waals surface area contributed by atoms with Gasteiger partial charge in [0.25, 0.3) is 5.91 Å². The topological polar surface area (TPSA) is 46.6 Å². The Hall–Kier alpha value is -2.53. The van der Waals surface area contributed by atoms with Crippen molar-refractivity contribution in [2.75, 3.05) is 0 Å². The zero-order valence-electron chi connectivity index (χ0n) is 16.5. The Balaban J connectivity index is 1.66. The fraction of sp³-hybridized carbons (Fsp3) is 0.348. The Morgan fingerprint density at radius 3 is 2.29 bits per heavy atom. The van der Waals surface area contributed by atoms with Crippen LogP contribution in [0.2, 0.25) is 0 Å². The van der Waals surface area contributed by atoms with Crippen molar-refractivity contribution in [1.82, 2.24) is 4.90 Å². The van der Waals surface area contributed by atoms with Gasteiger partial charge >= 0.3 is 6.09 Å². The van der Waals surface area contributed by atoms with Gasteiger partial charge in [-0.1, -0.05) is 66.8 Å². The van der Waals surface area contributed by atoms with Gasteiger partial charge in [0.1, 0.15) is 5.60 Å². The normalized spacial score (nSPS) is 17.1. The monoisotopic (exact) mass is 395 g/mol. The van der Waals surface area contributed by atoms with Crippen molar-refractivity contribution in [3.8, 4) is 11.1 Å². The van der Waals surface area contributed by atoms with E-state index >= 15 is 0 Å². The summed E-state index contributed by atoms with van der Waals surface area (Å²) in [4.78, 5) is 26.3. The summed E-state index contributed by atoms with van der Waals surface area (Å²) in [5.74, 6) is -0.395. The summed E-state index contributed by atoms with van der Waals surface area (Å²) in [6.45, 7) is 5.35. The number of nitrogens with zero attached hydrogens (tertiary/aromatic N) is 1. The second kappa shape index (κ2) is 8.23. The summed E-state index contributed by atoms with van der Waals surface area (Å²) in [6.07, 6.45) is 1.24. The molecule has 2 aromatic carbocycles. The highest BCUT2D eigenvalue weighted by Gasteiger charge is 2.41. The van der Waals surface area contributed by atoms with Crippen LogP contribution in [0.25, 0.3) is 11.1 Å². The molecule has 3 rings (SSSR count). The van der Waals surface area contributed by atoms with E-state index < -0.39 is 17.6 Å². The predicted molar refractivity (Wildman–Crippen MR) is 114 cm³/mol. The molecular formula is C23H25NO3S. The smallest absolute Gasteiger partial charge is 0.417 e. The lowest BCUT2D eigenvalue weighted by molar-refractivity contribution is -0.123. The van der Waals surface area contributed by atoms with Crippen LogP contribution >= 0.6 is 12.2 Å². The third kappa shape index (κ3) is 4.84. The number of imide groups is 1. The van der Waals surface area contributed by atoms with Crippen LogP contribution in [-0.2, 0) is 16.0 Å². The summed E-state index contributed by atoms with van der Waals surface area (Å²) in [7, 11) is 0. The maximum atomic E-state index is 12.5. The van der Waals surface area contributed by atoms with Gasteiger partial charge in [-0.2, -0.15) is 0 Å². The fourth-order valence-electron chi connectivity index (χ4n) is 3.29. The van der Waals surface area contributed by atoms with Crippen LogP contribution < -0.4 is 0 Å². The van der Waals surface area contributed by atoms with E-state index in [1.807, 2.05) is 18.2 Å². The van der Waals surface area contributed by atoms with Gasteiger partial charge in [-0.15, -0.1) is 0 Å². The molecule has 2 aromatic rings. The summed E-state index contributed by atoms with van der Waals surface area (Å²) in [5.41, 5.74) is 2.85. The van der Waals surface area contributed by atoms with Crippen LogP contribution in [0.4, 0.5) is 4.79 Å². The van der Waals surface area contributed by atoms with Crippen LogP contribution in [0.15, 0.2) is 54.6 Å². The molecular weight excluding hydrogens is 370 g/mol. The molecule has 0 saturated carbocycles. The van der Waals surface area contributed by atoms with E-state index in [1.54, 1.807) is 20.8 Å². The highest BCUT2D eigenvalue weighted by molar-refractivity contribution is 7.82. The Bertz CT molecular complexity index is 869. The molecule has 0 spiro atoms. The molecule has 0 unspecified atom stereocenters. The van der Waals surface area contributed by atoms with E-state index in [9.17, 15) is 9.59 Å². The number of hydrogen-bond donors (Lipinski definition) is 0. The van der Waals surface area contributed by atoms with E-state index in [0.717, 1.165) is 17.5 Å². The van der Waals surface area contributed by atoms with E-state index in [0.29, 0.717) is 17.7 Å². The average Bonchev–Trinajstić information content (AvgIpc) is 2.94. The van der Waals surface area contributed by atoms with Crippen LogP contribution in [-0.4, -0.2) is 33.4 Å². The van der Waals surface area contributed by atoms with Crippen molar-refractivity contribution in [3.05, 3.63) is 60.2 Å². The van der Waals surface area contributed by atoms with Crippen molar-refractivity contribution in [1.29, 1.82) is 0 Å². The van der Waals surface area contributed by atoms with Gasteiger partial charge in [0, 0.05) is 12.5 Å². The zero-order chi connectivity index (χ0) is 20.3. The van der Waals surface area contributed by atoms with Crippen LogP contribution in [0.1, 0.15) is 39.2 Å². The zero-order valence-corrected chi connectivity index (χ0v) is 17.3. The van der Waals surface area contributed by atoms with Crippen molar-refractivity contribution in [2.45, 2.75) is 51.7 Å². The minimum Gasteiger partial charge on any atom is -0.443 e. The lowest BCUT2D eigenvalue weighted by Gasteiger charge is -2.27. The van der Waals surface area contributed by atoms with Crippen molar-refractivity contribution < 1.29 is 14.3 Å². The first-order valence-corrected chi connectivity index (χ1v) is 9.89. The molecule has 28 heavy (non-hydrogen) atoms. The summed E-state index contributed by atoms with van der Waals surface area (Å²) < 4.78 is 5.39. The molecule has 0 radical (unpaired) electrons. The molecule has 1 fully saturated rings. The molecule has 1 saturated heterocycles. The molecule has 1 heterocycles. The highest BCUT2D eigenvalue weighted by atomic mass is 32.1. The van der Waals surface area contributed by atoms with E-state index in [1.165, 1.54) is 10.5 Å². The van der Waals surface area contributed by atoms with Gasteiger partial charge in [-0.3, -0.25) is 4.79 Å². The quantitative estimate of drug-likeness (QED) is 0.668. The van der Waals surface area contributed by atoms with Crippen LogP contribution in [0.3, 0.4) is 0 Å². The average molecular weight is 396 g/mol. The molecule has 4 nitrogen and oxygen atoms in total. The first-order valence-electron chi connectivity index (χ1n) is 9.48. The first kappa shape index (κ1) is 20.2. The first-order chi connectivity index (χ1) is 13.2. The number of ether oxygens (including phenoxy) is 1. The third-order valence-corrected chi connectivity index (χ3v) is 5.00. The van der Waals surface area contributed by atoms with Gasteiger partial charge in [0.05, 0.1) is 4.86 Å². The Labute approximate surface area is 171 Å². The number of hydrogen-bond acceptors (Lipinski definition) is 4. The number of likely N-dealkylation sites (tertiary alicyclic amines) is 1. The summed E-state index contributed by atoms with van der Waals surface area (Å²) in [6, 6.07) is 18.3. The molecule has 0 N–H and O–H groups in total. The number of thiocarbonyl (C=S) groups is 1.